The lowest BCUT2D eigenvalue weighted by Crippen LogP contribution is -2.24. The zero-order valence-electron chi connectivity index (χ0n) is 16.3. The topological polar surface area (TPSA) is 76.1 Å². The Morgan fingerprint density at radius 1 is 1.00 bits per heavy atom. The summed E-state index contributed by atoms with van der Waals surface area (Å²) >= 11 is 0. The maximum Gasteiger partial charge on any atom is 0.271 e. The number of nitrogens with one attached hydrogen (secondary N) is 2. The normalized spacial score (nSPS) is 10.6. The van der Waals surface area contributed by atoms with Crippen LogP contribution >= 0.6 is 0 Å². The van der Waals surface area contributed by atoms with Gasteiger partial charge in [0.05, 0.1) is 18.5 Å². The fraction of sp³-hybridized carbons (Fsp3) is 0.227. The molecule has 28 heavy (non-hydrogen) atoms. The summed E-state index contributed by atoms with van der Waals surface area (Å²) in [6.45, 7) is 6.45. The molecule has 6 nitrogen and oxygen atoms in total. The standard InChI is InChI=1S/C22H24N4O2/c1-15(2)28-19-10-8-18(9-11-19)26-21-14-23-20(13-24-21)22(27)25-12-17-6-4-16(3)5-7-17/h4-11,13-15H,12H2,1-3H3,(H,24,26)(H,25,27). The van der Waals surface area contributed by atoms with Crippen LogP contribution in [-0.2, 0) is 6.54 Å². The van der Waals surface area contributed by atoms with E-state index in [2.05, 4.69) is 20.6 Å². The van der Waals surface area contributed by atoms with E-state index in [1.807, 2.05) is 69.3 Å². The summed E-state index contributed by atoms with van der Waals surface area (Å²) in [6.07, 6.45) is 3.14. The molecule has 0 saturated heterocycles. The number of aromatic nitrogens is 2. The second kappa shape index (κ2) is 8.99. The lowest BCUT2D eigenvalue weighted by molar-refractivity contribution is 0.0945. The molecule has 0 spiro atoms. The van der Waals surface area contributed by atoms with Gasteiger partial charge in [-0.2, -0.15) is 0 Å². The Labute approximate surface area is 165 Å². The monoisotopic (exact) mass is 376 g/mol. The number of carbonyl (C=O) groups is 1. The van der Waals surface area contributed by atoms with E-state index in [0.29, 0.717) is 12.4 Å². The first-order valence-corrected chi connectivity index (χ1v) is 9.19. The summed E-state index contributed by atoms with van der Waals surface area (Å²) < 4.78 is 5.62. The average molecular weight is 376 g/mol. The second-order valence-electron chi connectivity index (χ2n) is 6.77. The molecular formula is C22H24N4O2. The summed E-state index contributed by atoms with van der Waals surface area (Å²) in [7, 11) is 0. The molecule has 0 aliphatic heterocycles. The summed E-state index contributed by atoms with van der Waals surface area (Å²) in [6, 6.07) is 15.6. The van der Waals surface area contributed by atoms with E-state index in [0.717, 1.165) is 17.0 Å². The van der Waals surface area contributed by atoms with E-state index < -0.39 is 0 Å². The maximum absolute atomic E-state index is 12.2. The summed E-state index contributed by atoms with van der Waals surface area (Å²) in [5.41, 5.74) is 3.36. The average Bonchev–Trinajstić information content (AvgIpc) is 2.69. The molecule has 2 aromatic carbocycles. The van der Waals surface area contributed by atoms with Gasteiger partial charge in [0, 0.05) is 12.2 Å². The van der Waals surface area contributed by atoms with Crippen molar-refractivity contribution in [2.75, 3.05) is 5.32 Å². The van der Waals surface area contributed by atoms with Crippen molar-refractivity contribution in [1.29, 1.82) is 0 Å². The highest BCUT2D eigenvalue weighted by molar-refractivity contribution is 5.92. The third kappa shape index (κ3) is 5.54. The van der Waals surface area contributed by atoms with Gasteiger partial charge in [0.2, 0.25) is 0 Å². The van der Waals surface area contributed by atoms with Gasteiger partial charge in [0.25, 0.3) is 5.91 Å². The van der Waals surface area contributed by atoms with Gasteiger partial charge >= 0.3 is 0 Å². The number of aryl methyl sites for hydroxylation is 1. The van der Waals surface area contributed by atoms with E-state index in [4.69, 9.17) is 4.74 Å². The number of hydrogen-bond donors (Lipinski definition) is 2. The van der Waals surface area contributed by atoms with Gasteiger partial charge in [-0.1, -0.05) is 29.8 Å². The predicted molar refractivity (Wildman–Crippen MR) is 110 cm³/mol. The first-order chi connectivity index (χ1) is 13.5. The van der Waals surface area contributed by atoms with Crippen molar-refractivity contribution in [3.05, 3.63) is 77.7 Å². The van der Waals surface area contributed by atoms with Crippen molar-refractivity contribution in [1.82, 2.24) is 15.3 Å². The minimum Gasteiger partial charge on any atom is -0.491 e. The van der Waals surface area contributed by atoms with Gasteiger partial charge in [-0.05, 0) is 50.6 Å². The summed E-state index contributed by atoms with van der Waals surface area (Å²) in [5, 5.41) is 6.00. The summed E-state index contributed by atoms with van der Waals surface area (Å²) in [4.78, 5) is 20.7. The minimum absolute atomic E-state index is 0.134. The molecular weight excluding hydrogens is 352 g/mol. The molecule has 0 aliphatic carbocycles. The molecule has 1 aromatic heterocycles. The van der Waals surface area contributed by atoms with Crippen molar-refractivity contribution >= 4 is 17.4 Å². The van der Waals surface area contributed by atoms with E-state index in [1.165, 1.54) is 11.8 Å². The lowest BCUT2D eigenvalue weighted by Gasteiger charge is -2.11. The van der Waals surface area contributed by atoms with Crippen molar-refractivity contribution in [3.8, 4) is 5.75 Å². The van der Waals surface area contributed by atoms with Crippen LogP contribution in [0.25, 0.3) is 0 Å². The van der Waals surface area contributed by atoms with Crippen molar-refractivity contribution in [2.24, 2.45) is 0 Å². The molecule has 0 aliphatic rings. The van der Waals surface area contributed by atoms with Gasteiger partial charge in [0.15, 0.2) is 0 Å². The fourth-order valence-electron chi connectivity index (χ4n) is 2.53. The Morgan fingerprint density at radius 3 is 2.32 bits per heavy atom. The number of carbonyl (C=O) groups excluding carboxylic acids is 1. The minimum atomic E-state index is -0.255. The first-order valence-electron chi connectivity index (χ1n) is 9.19. The molecule has 0 unspecified atom stereocenters. The number of nitrogens with zero attached hydrogens (tertiary/aromatic N) is 2. The Kier molecular flexibility index (Phi) is 6.22. The molecule has 6 heteroatoms. The summed E-state index contributed by atoms with van der Waals surface area (Å²) in [5.74, 6) is 1.12. The van der Waals surface area contributed by atoms with Crippen LogP contribution < -0.4 is 15.4 Å². The third-order valence-corrected chi connectivity index (χ3v) is 3.96. The van der Waals surface area contributed by atoms with E-state index >= 15 is 0 Å². The van der Waals surface area contributed by atoms with Crippen LogP contribution in [0.3, 0.4) is 0 Å². The van der Waals surface area contributed by atoms with Gasteiger partial charge in [-0.25, -0.2) is 9.97 Å². The fourth-order valence-corrected chi connectivity index (χ4v) is 2.53. The van der Waals surface area contributed by atoms with Crippen molar-refractivity contribution < 1.29 is 9.53 Å². The largest absolute Gasteiger partial charge is 0.491 e. The highest BCUT2D eigenvalue weighted by Gasteiger charge is 2.08. The smallest absolute Gasteiger partial charge is 0.271 e. The second-order valence-corrected chi connectivity index (χ2v) is 6.77. The van der Waals surface area contributed by atoms with Gasteiger partial charge in [-0.3, -0.25) is 4.79 Å². The van der Waals surface area contributed by atoms with Gasteiger partial charge in [0.1, 0.15) is 17.3 Å². The zero-order chi connectivity index (χ0) is 19.9. The van der Waals surface area contributed by atoms with Gasteiger partial charge < -0.3 is 15.4 Å². The lowest BCUT2D eigenvalue weighted by atomic mass is 10.1. The number of ether oxygens (including phenoxy) is 1. The number of benzene rings is 2. The van der Waals surface area contributed by atoms with Crippen LogP contribution in [0.4, 0.5) is 11.5 Å². The highest BCUT2D eigenvalue weighted by atomic mass is 16.5. The van der Waals surface area contributed by atoms with Crippen molar-refractivity contribution in [3.63, 3.8) is 0 Å². The Hall–Kier alpha value is -3.41. The number of rotatable bonds is 7. The molecule has 0 radical (unpaired) electrons. The van der Waals surface area contributed by atoms with Crippen LogP contribution in [0.1, 0.15) is 35.5 Å². The molecule has 0 bridgehead atoms. The molecule has 1 heterocycles. The molecule has 144 valence electrons. The highest BCUT2D eigenvalue weighted by Crippen LogP contribution is 2.19. The third-order valence-electron chi connectivity index (χ3n) is 3.96. The SMILES string of the molecule is Cc1ccc(CNC(=O)c2cnc(Nc3ccc(OC(C)C)cc3)cn2)cc1. The van der Waals surface area contributed by atoms with Crippen molar-refractivity contribution in [2.45, 2.75) is 33.4 Å². The molecule has 0 fully saturated rings. The van der Waals surface area contributed by atoms with E-state index in [9.17, 15) is 4.79 Å². The molecule has 1 amide bonds. The molecule has 3 rings (SSSR count). The number of hydrogen-bond acceptors (Lipinski definition) is 5. The molecule has 0 atom stereocenters. The van der Waals surface area contributed by atoms with Crippen LogP contribution in [0.5, 0.6) is 5.75 Å². The maximum atomic E-state index is 12.2. The Morgan fingerprint density at radius 2 is 1.71 bits per heavy atom. The van der Waals surface area contributed by atoms with Crippen LogP contribution in [0, 0.1) is 6.92 Å². The van der Waals surface area contributed by atoms with Crippen LogP contribution in [-0.4, -0.2) is 22.0 Å². The van der Waals surface area contributed by atoms with Gasteiger partial charge in [-0.15, -0.1) is 0 Å². The molecule has 0 saturated carbocycles. The quantitative estimate of drug-likeness (QED) is 0.645. The molecule has 3 aromatic rings. The predicted octanol–water partition coefficient (Wildman–Crippen LogP) is 4.25. The molecule has 2 N–H and O–H groups in total. The van der Waals surface area contributed by atoms with E-state index in [1.54, 1.807) is 6.20 Å². The first kappa shape index (κ1) is 19.4. The van der Waals surface area contributed by atoms with E-state index in [-0.39, 0.29) is 17.7 Å². The van der Waals surface area contributed by atoms with Crippen LogP contribution in [0.15, 0.2) is 60.9 Å². The Bertz CT molecular complexity index is 905. The zero-order valence-corrected chi connectivity index (χ0v) is 16.3. The number of amides is 1. The number of anilines is 2. The Balaban J connectivity index is 1.55. The van der Waals surface area contributed by atoms with Crippen LogP contribution in [0.2, 0.25) is 0 Å².